The SMILES string of the molecule is Cl.O=Cc1ccncc1Cl. The summed E-state index contributed by atoms with van der Waals surface area (Å²) in [4.78, 5) is 13.8. The Labute approximate surface area is 69.6 Å². The van der Waals surface area contributed by atoms with Gasteiger partial charge in [-0.3, -0.25) is 9.78 Å². The Balaban J connectivity index is 0.000000810. The lowest BCUT2D eigenvalue weighted by Crippen LogP contribution is -1.80. The zero-order valence-corrected chi connectivity index (χ0v) is 6.52. The third kappa shape index (κ3) is 1.97. The summed E-state index contributed by atoms with van der Waals surface area (Å²) in [5.41, 5.74) is 0.478. The maximum absolute atomic E-state index is 10.1. The Kier molecular flexibility index (Phi) is 4.00. The number of hydrogen-bond donors (Lipinski definition) is 0. The molecule has 0 spiro atoms. The minimum absolute atomic E-state index is 0. The van der Waals surface area contributed by atoms with E-state index in [0.717, 1.165) is 0 Å². The molecule has 0 aromatic carbocycles. The lowest BCUT2D eigenvalue weighted by molar-refractivity contribution is 0.112. The second-order valence-corrected chi connectivity index (χ2v) is 1.92. The second-order valence-electron chi connectivity index (χ2n) is 1.52. The number of carbonyl (C=O) groups excluding carboxylic acids is 1. The Bertz CT molecular complexity index is 227. The van der Waals surface area contributed by atoms with Gasteiger partial charge in [0.2, 0.25) is 0 Å². The van der Waals surface area contributed by atoms with Crippen molar-refractivity contribution in [3.05, 3.63) is 29.0 Å². The van der Waals surface area contributed by atoms with Gasteiger partial charge in [0, 0.05) is 18.0 Å². The number of hydrogen-bond acceptors (Lipinski definition) is 2. The molecule has 0 aliphatic heterocycles. The number of carbonyl (C=O) groups is 1. The first kappa shape index (κ1) is 9.40. The van der Waals surface area contributed by atoms with E-state index in [4.69, 9.17) is 11.6 Å². The maximum Gasteiger partial charge on any atom is 0.151 e. The average molecular weight is 178 g/mol. The smallest absolute Gasteiger partial charge is 0.151 e. The van der Waals surface area contributed by atoms with Gasteiger partial charge in [0.05, 0.1) is 5.02 Å². The van der Waals surface area contributed by atoms with Crippen LogP contribution in [0.1, 0.15) is 10.4 Å². The van der Waals surface area contributed by atoms with Crippen LogP contribution in [0, 0.1) is 0 Å². The van der Waals surface area contributed by atoms with Crippen molar-refractivity contribution in [3.8, 4) is 0 Å². The molecule has 1 rings (SSSR count). The highest BCUT2D eigenvalue weighted by Crippen LogP contribution is 2.09. The van der Waals surface area contributed by atoms with Crippen LogP contribution in [0.15, 0.2) is 18.5 Å². The second kappa shape index (κ2) is 4.25. The monoisotopic (exact) mass is 177 g/mol. The van der Waals surface area contributed by atoms with Crippen LogP contribution in [0.4, 0.5) is 0 Å². The van der Waals surface area contributed by atoms with E-state index in [-0.39, 0.29) is 12.4 Å². The first-order chi connectivity index (χ1) is 4.34. The molecule has 2 nitrogen and oxygen atoms in total. The van der Waals surface area contributed by atoms with Crippen molar-refractivity contribution < 1.29 is 4.79 Å². The van der Waals surface area contributed by atoms with Crippen molar-refractivity contribution in [1.29, 1.82) is 0 Å². The zero-order chi connectivity index (χ0) is 6.69. The van der Waals surface area contributed by atoms with E-state index >= 15 is 0 Å². The van der Waals surface area contributed by atoms with Gasteiger partial charge in [-0.15, -0.1) is 12.4 Å². The summed E-state index contributed by atoms with van der Waals surface area (Å²) in [6.45, 7) is 0. The lowest BCUT2D eigenvalue weighted by Gasteiger charge is -1.89. The van der Waals surface area contributed by atoms with E-state index in [1.54, 1.807) is 6.07 Å². The predicted octanol–water partition coefficient (Wildman–Crippen LogP) is 1.97. The zero-order valence-electron chi connectivity index (χ0n) is 4.95. The number of rotatable bonds is 1. The normalized spacial score (nSPS) is 8.10. The molecule has 10 heavy (non-hydrogen) atoms. The van der Waals surface area contributed by atoms with Gasteiger partial charge in [0.25, 0.3) is 0 Å². The molecule has 54 valence electrons. The van der Waals surface area contributed by atoms with Gasteiger partial charge in [-0.05, 0) is 6.07 Å². The molecule has 1 aromatic heterocycles. The third-order valence-electron chi connectivity index (χ3n) is 0.931. The summed E-state index contributed by atoms with van der Waals surface area (Å²) >= 11 is 5.53. The van der Waals surface area contributed by atoms with Crippen molar-refractivity contribution >= 4 is 30.3 Å². The van der Waals surface area contributed by atoms with Crippen LogP contribution in [0.3, 0.4) is 0 Å². The minimum Gasteiger partial charge on any atom is -0.298 e. The number of nitrogens with zero attached hydrogens (tertiary/aromatic N) is 1. The van der Waals surface area contributed by atoms with Crippen molar-refractivity contribution in [1.82, 2.24) is 4.98 Å². The molecule has 0 radical (unpaired) electrons. The summed E-state index contributed by atoms with van der Waals surface area (Å²) in [6, 6.07) is 1.56. The summed E-state index contributed by atoms with van der Waals surface area (Å²) < 4.78 is 0. The van der Waals surface area contributed by atoms with Crippen LogP contribution in [0.5, 0.6) is 0 Å². The van der Waals surface area contributed by atoms with Gasteiger partial charge in [-0.1, -0.05) is 11.6 Å². The van der Waals surface area contributed by atoms with Gasteiger partial charge in [-0.2, -0.15) is 0 Å². The van der Waals surface area contributed by atoms with Gasteiger partial charge in [0.1, 0.15) is 0 Å². The largest absolute Gasteiger partial charge is 0.298 e. The molecule has 1 aromatic rings. The Morgan fingerprint density at radius 2 is 2.30 bits per heavy atom. The molecule has 4 heteroatoms. The van der Waals surface area contributed by atoms with E-state index in [1.165, 1.54) is 12.4 Å². The molecule has 0 unspecified atom stereocenters. The van der Waals surface area contributed by atoms with Crippen LogP contribution >= 0.6 is 24.0 Å². The summed E-state index contributed by atoms with van der Waals surface area (Å²) in [7, 11) is 0. The first-order valence-corrected chi connectivity index (χ1v) is 2.77. The van der Waals surface area contributed by atoms with Gasteiger partial charge in [0.15, 0.2) is 6.29 Å². The standard InChI is InChI=1S/C6H4ClNO.ClH/c7-6-3-8-2-1-5(6)4-9;/h1-4H;1H. The van der Waals surface area contributed by atoms with Crippen LogP contribution in [-0.4, -0.2) is 11.3 Å². The predicted molar refractivity (Wildman–Crippen MR) is 41.9 cm³/mol. The van der Waals surface area contributed by atoms with E-state index in [2.05, 4.69) is 4.98 Å². The Morgan fingerprint density at radius 1 is 1.60 bits per heavy atom. The highest BCUT2D eigenvalue weighted by atomic mass is 35.5. The fourth-order valence-corrected chi connectivity index (χ4v) is 0.645. The molecule has 0 saturated heterocycles. The summed E-state index contributed by atoms with van der Waals surface area (Å²) in [5.74, 6) is 0. The number of pyridine rings is 1. The van der Waals surface area contributed by atoms with Gasteiger partial charge in [-0.25, -0.2) is 0 Å². The summed E-state index contributed by atoms with van der Waals surface area (Å²) in [5, 5.41) is 0.396. The molecular weight excluding hydrogens is 173 g/mol. The fraction of sp³-hybridized carbons (Fsp3) is 0. The molecule has 1 heterocycles. The van der Waals surface area contributed by atoms with Gasteiger partial charge < -0.3 is 0 Å². The molecule has 0 atom stereocenters. The molecule has 0 bridgehead atoms. The topological polar surface area (TPSA) is 30.0 Å². The number of aldehydes is 1. The van der Waals surface area contributed by atoms with Crippen molar-refractivity contribution in [2.45, 2.75) is 0 Å². The quantitative estimate of drug-likeness (QED) is 0.615. The molecular formula is C6H5Cl2NO. The third-order valence-corrected chi connectivity index (χ3v) is 1.25. The van der Waals surface area contributed by atoms with E-state index in [1.807, 2.05) is 0 Å². The van der Waals surface area contributed by atoms with E-state index in [9.17, 15) is 4.79 Å². The van der Waals surface area contributed by atoms with Crippen LogP contribution < -0.4 is 0 Å². The molecule has 0 amide bonds. The average Bonchev–Trinajstić information content (AvgIpc) is 1.89. The van der Waals surface area contributed by atoms with Crippen LogP contribution in [0.25, 0.3) is 0 Å². The number of halogens is 2. The first-order valence-electron chi connectivity index (χ1n) is 2.39. The highest BCUT2D eigenvalue weighted by Gasteiger charge is 1.93. The Morgan fingerprint density at radius 3 is 2.70 bits per heavy atom. The van der Waals surface area contributed by atoms with E-state index in [0.29, 0.717) is 16.9 Å². The number of aromatic nitrogens is 1. The fourth-order valence-electron chi connectivity index (χ4n) is 0.482. The lowest BCUT2D eigenvalue weighted by atomic mass is 10.3. The highest BCUT2D eigenvalue weighted by molar-refractivity contribution is 6.32. The van der Waals surface area contributed by atoms with Crippen molar-refractivity contribution in [2.24, 2.45) is 0 Å². The minimum atomic E-state index is 0. The molecule has 0 aliphatic carbocycles. The van der Waals surface area contributed by atoms with Crippen LogP contribution in [-0.2, 0) is 0 Å². The van der Waals surface area contributed by atoms with Gasteiger partial charge >= 0.3 is 0 Å². The van der Waals surface area contributed by atoms with Crippen molar-refractivity contribution in [2.75, 3.05) is 0 Å². The summed E-state index contributed by atoms with van der Waals surface area (Å²) in [6.07, 6.45) is 3.66. The molecule has 0 N–H and O–H groups in total. The van der Waals surface area contributed by atoms with Crippen molar-refractivity contribution in [3.63, 3.8) is 0 Å². The molecule has 0 saturated carbocycles. The van der Waals surface area contributed by atoms with E-state index < -0.39 is 0 Å². The molecule has 0 fully saturated rings. The maximum atomic E-state index is 10.1. The van der Waals surface area contributed by atoms with Crippen LogP contribution in [0.2, 0.25) is 5.02 Å². The molecule has 0 aliphatic rings. The Hall–Kier alpha value is -0.600.